The van der Waals surface area contributed by atoms with Gasteiger partial charge in [-0.3, -0.25) is 4.98 Å². The number of benzene rings is 6. The molecule has 6 aromatic carbocycles. The lowest BCUT2D eigenvalue weighted by Crippen LogP contribution is -2.56. The quantitative estimate of drug-likeness (QED) is 0.171. The summed E-state index contributed by atoms with van der Waals surface area (Å²) in [5.41, 5.74) is 9.66. The first kappa shape index (κ1) is 32.9. The Labute approximate surface area is 326 Å². The van der Waals surface area contributed by atoms with Crippen molar-refractivity contribution in [1.82, 2.24) is 19.9 Å². The van der Waals surface area contributed by atoms with E-state index in [2.05, 4.69) is 102 Å². The van der Waals surface area contributed by atoms with Crippen LogP contribution in [-0.2, 0) is 5.41 Å². The van der Waals surface area contributed by atoms with Gasteiger partial charge in [-0.1, -0.05) is 103 Å². The third-order valence-electron chi connectivity index (χ3n) is 13.2. The van der Waals surface area contributed by atoms with Gasteiger partial charge in [0.1, 0.15) is 0 Å². The van der Waals surface area contributed by atoms with Crippen LogP contribution in [0.2, 0.25) is 0 Å². The van der Waals surface area contributed by atoms with Gasteiger partial charge in [-0.15, -0.1) is 0 Å². The van der Waals surface area contributed by atoms with Crippen LogP contribution in [0.5, 0.6) is 0 Å². The molecule has 0 N–H and O–H groups in total. The molecule has 56 heavy (non-hydrogen) atoms. The van der Waals surface area contributed by atoms with Crippen LogP contribution in [0.3, 0.4) is 0 Å². The molecule has 4 fully saturated rings. The molecular weight excluding hydrogens is 683 g/mol. The van der Waals surface area contributed by atoms with E-state index in [1.807, 2.05) is 60.8 Å². The van der Waals surface area contributed by atoms with Crippen molar-refractivity contribution in [3.05, 3.63) is 168 Å². The van der Waals surface area contributed by atoms with E-state index >= 15 is 0 Å². The minimum absolute atomic E-state index is 0.0372. The zero-order valence-electron chi connectivity index (χ0n) is 31.0. The van der Waals surface area contributed by atoms with Gasteiger partial charge in [-0.05, 0) is 131 Å². The monoisotopic (exact) mass is 721 g/mol. The van der Waals surface area contributed by atoms with Crippen LogP contribution in [-0.4, -0.2) is 19.9 Å². The minimum Gasteiger partial charge on any atom is -0.256 e. The third kappa shape index (κ3) is 5.43. The molecule has 2 aromatic heterocycles. The minimum atomic E-state index is -0.0372. The van der Waals surface area contributed by atoms with Gasteiger partial charge in [-0.2, -0.15) is 5.26 Å². The Balaban J connectivity index is 1.01. The lowest BCUT2D eigenvalue weighted by Gasteiger charge is -2.62. The van der Waals surface area contributed by atoms with E-state index < -0.39 is 0 Å². The fraction of sp³-hybridized carbons (Fsp3) is 0.196. The molecule has 0 amide bonds. The van der Waals surface area contributed by atoms with Crippen molar-refractivity contribution < 1.29 is 0 Å². The molecule has 0 radical (unpaired) electrons. The second kappa shape index (κ2) is 13.1. The smallest absolute Gasteiger partial charge is 0.164 e. The molecule has 12 rings (SSSR count). The topological polar surface area (TPSA) is 75.3 Å². The summed E-state index contributed by atoms with van der Waals surface area (Å²) in [6.45, 7) is 0. The predicted octanol–water partition coefficient (Wildman–Crippen LogP) is 11.9. The molecule has 5 heteroatoms. The van der Waals surface area contributed by atoms with E-state index in [1.54, 1.807) is 0 Å². The van der Waals surface area contributed by atoms with Crippen LogP contribution >= 0.6 is 0 Å². The van der Waals surface area contributed by atoms with Gasteiger partial charge >= 0.3 is 0 Å². The second-order valence-corrected chi connectivity index (χ2v) is 16.3. The summed E-state index contributed by atoms with van der Waals surface area (Å²) in [7, 11) is 0. The molecule has 0 spiro atoms. The Morgan fingerprint density at radius 2 is 1.04 bits per heavy atom. The lowest BCUT2D eigenvalue weighted by molar-refractivity contribution is -0.0417. The van der Waals surface area contributed by atoms with Crippen molar-refractivity contribution in [3.8, 4) is 51.4 Å². The summed E-state index contributed by atoms with van der Waals surface area (Å²) < 4.78 is 0. The normalized spacial score (nSPS) is 22.3. The molecule has 0 saturated heterocycles. The molecule has 8 aromatic rings. The van der Waals surface area contributed by atoms with Crippen LogP contribution in [0.15, 0.2) is 152 Å². The van der Waals surface area contributed by atoms with Gasteiger partial charge in [0.2, 0.25) is 0 Å². The Bertz CT molecular complexity index is 2790. The average molecular weight is 722 g/mol. The van der Waals surface area contributed by atoms with E-state index in [0.717, 1.165) is 45.0 Å². The van der Waals surface area contributed by atoms with Crippen LogP contribution < -0.4 is 0 Å². The van der Waals surface area contributed by atoms with Crippen molar-refractivity contribution in [1.29, 1.82) is 5.26 Å². The van der Waals surface area contributed by atoms with Gasteiger partial charge in [-0.25, -0.2) is 15.0 Å². The molecule has 268 valence electrons. The SMILES string of the molecule is N#Cc1ccc(-c2ccc3cc(C4(c5ccc(-c6nc(-c7ccccc7)nc(-c7ccc8ncccc8c7)n6)cc5)C5CC6CC(C5)CC4C6)ccc3c2)cc1. The molecule has 4 aliphatic rings. The summed E-state index contributed by atoms with van der Waals surface area (Å²) in [5.74, 6) is 4.94. The summed E-state index contributed by atoms with van der Waals surface area (Å²) >= 11 is 0. The Morgan fingerprint density at radius 3 is 1.75 bits per heavy atom. The maximum atomic E-state index is 9.28. The summed E-state index contributed by atoms with van der Waals surface area (Å²) in [6.07, 6.45) is 8.47. The number of nitriles is 1. The van der Waals surface area contributed by atoms with Gasteiger partial charge in [0.05, 0.1) is 17.1 Å². The fourth-order valence-corrected chi connectivity index (χ4v) is 10.9. The number of rotatable bonds is 6. The Morgan fingerprint density at radius 1 is 0.464 bits per heavy atom. The highest BCUT2D eigenvalue weighted by molar-refractivity contribution is 5.88. The lowest BCUT2D eigenvalue weighted by atomic mass is 9.42. The number of aromatic nitrogens is 4. The molecule has 0 unspecified atom stereocenters. The molecule has 0 aliphatic heterocycles. The van der Waals surface area contributed by atoms with Gasteiger partial charge in [0.15, 0.2) is 17.5 Å². The largest absolute Gasteiger partial charge is 0.256 e. The molecule has 2 heterocycles. The van der Waals surface area contributed by atoms with Gasteiger partial charge in [0, 0.05) is 33.7 Å². The van der Waals surface area contributed by atoms with Crippen LogP contribution in [0.1, 0.15) is 48.8 Å². The molecule has 4 aliphatic carbocycles. The van der Waals surface area contributed by atoms with Gasteiger partial charge in [0.25, 0.3) is 0 Å². The van der Waals surface area contributed by atoms with Crippen LogP contribution in [0.25, 0.3) is 67.0 Å². The van der Waals surface area contributed by atoms with Crippen molar-refractivity contribution >= 4 is 21.7 Å². The van der Waals surface area contributed by atoms with E-state index in [4.69, 9.17) is 15.0 Å². The summed E-state index contributed by atoms with van der Waals surface area (Å²) in [4.78, 5) is 19.7. The molecule has 4 bridgehead atoms. The van der Waals surface area contributed by atoms with E-state index in [9.17, 15) is 5.26 Å². The number of fused-ring (bicyclic) bond motifs is 2. The van der Waals surface area contributed by atoms with Crippen LogP contribution in [0, 0.1) is 35.0 Å². The summed E-state index contributed by atoms with van der Waals surface area (Å²) in [6, 6.07) is 53.9. The highest BCUT2D eigenvalue weighted by Gasteiger charge is 2.58. The Hall–Kier alpha value is -6.51. The summed E-state index contributed by atoms with van der Waals surface area (Å²) in [5, 5.41) is 12.9. The number of nitrogens with zero attached hydrogens (tertiary/aromatic N) is 5. The standard InChI is InChI=1S/C51H39N5/c52-31-32-8-10-35(11-9-32)38-12-13-40-30-44(20-16-39(40)28-38)51(45-24-33-23-34(26-45)27-46(51)25-33)43-18-14-37(15-19-43)49-54-48(36-5-2-1-3-6-36)55-50(56-49)42-17-21-47-41(29-42)7-4-22-53-47/h1-22,28-30,33-34,45-46H,23-27H2. The molecular formula is C51H39N5. The first-order valence-electron chi connectivity index (χ1n) is 19.9. The molecule has 0 atom stereocenters. The number of hydrogen-bond donors (Lipinski definition) is 0. The zero-order chi connectivity index (χ0) is 37.2. The molecule has 4 saturated carbocycles. The number of hydrogen-bond acceptors (Lipinski definition) is 5. The van der Waals surface area contributed by atoms with Crippen molar-refractivity contribution in [2.24, 2.45) is 23.7 Å². The van der Waals surface area contributed by atoms with Crippen LogP contribution in [0.4, 0.5) is 0 Å². The first-order valence-corrected chi connectivity index (χ1v) is 19.9. The Kier molecular flexibility index (Phi) is 7.67. The fourth-order valence-electron chi connectivity index (χ4n) is 10.9. The number of pyridine rings is 1. The highest BCUT2D eigenvalue weighted by Crippen LogP contribution is 2.65. The van der Waals surface area contributed by atoms with Crippen molar-refractivity contribution in [3.63, 3.8) is 0 Å². The molecule has 5 nitrogen and oxygen atoms in total. The maximum absolute atomic E-state index is 9.28. The zero-order valence-corrected chi connectivity index (χ0v) is 31.0. The maximum Gasteiger partial charge on any atom is 0.164 e. The van der Waals surface area contributed by atoms with Crippen molar-refractivity contribution in [2.45, 2.75) is 37.5 Å². The van der Waals surface area contributed by atoms with E-state index in [1.165, 1.54) is 59.6 Å². The highest BCUT2D eigenvalue weighted by atomic mass is 15.0. The third-order valence-corrected chi connectivity index (χ3v) is 13.2. The average Bonchev–Trinajstić information content (AvgIpc) is 3.26. The van der Waals surface area contributed by atoms with Crippen molar-refractivity contribution in [2.75, 3.05) is 0 Å². The second-order valence-electron chi connectivity index (χ2n) is 16.3. The first-order chi connectivity index (χ1) is 27.6. The predicted molar refractivity (Wildman–Crippen MR) is 223 cm³/mol. The van der Waals surface area contributed by atoms with Gasteiger partial charge < -0.3 is 0 Å². The van der Waals surface area contributed by atoms with E-state index in [0.29, 0.717) is 34.9 Å². The van der Waals surface area contributed by atoms with E-state index in [-0.39, 0.29) is 5.41 Å².